The van der Waals surface area contributed by atoms with E-state index in [1.54, 1.807) is 6.07 Å². The monoisotopic (exact) mass is 289 g/mol. The Morgan fingerprint density at radius 3 is 2.67 bits per heavy atom. The number of nitrogens with zero attached hydrogens (tertiary/aromatic N) is 2. The quantitative estimate of drug-likeness (QED) is 0.635. The Kier molecular flexibility index (Phi) is 4.08. The summed E-state index contributed by atoms with van der Waals surface area (Å²) in [7, 11) is 0. The standard InChI is InChI=1S/C14H15N3O4/c15-8-10-7-11(3-4-12(10)17(20)21)16-9-14(13(18)19)5-1-2-6-14/h3-4,7,16H,1-2,5-6,9H2,(H,18,19). The second-order valence-electron chi connectivity index (χ2n) is 5.25. The summed E-state index contributed by atoms with van der Waals surface area (Å²) < 4.78 is 0. The van der Waals surface area contributed by atoms with Crippen molar-refractivity contribution in [2.75, 3.05) is 11.9 Å². The normalized spacial score (nSPS) is 16.1. The SMILES string of the molecule is N#Cc1cc(NCC2(C(=O)O)CCCC2)ccc1[N+](=O)[O-]. The topological polar surface area (TPSA) is 116 Å². The minimum absolute atomic E-state index is 0.0409. The number of nitriles is 1. The van der Waals surface area contributed by atoms with Gasteiger partial charge in [0.05, 0.1) is 10.3 Å². The molecule has 1 saturated carbocycles. The van der Waals surface area contributed by atoms with Gasteiger partial charge in [-0.3, -0.25) is 14.9 Å². The van der Waals surface area contributed by atoms with Gasteiger partial charge in [0.1, 0.15) is 11.6 Å². The number of nitro benzene ring substituents is 1. The molecule has 0 aromatic heterocycles. The Bertz CT molecular complexity index is 615. The van der Waals surface area contributed by atoms with Crippen LogP contribution in [-0.4, -0.2) is 22.5 Å². The molecule has 0 unspecified atom stereocenters. The average molecular weight is 289 g/mol. The molecule has 7 nitrogen and oxygen atoms in total. The molecule has 1 aromatic rings. The van der Waals surface area contributed by atoms with Crippen LogP contribution in [0.2, 0.25) is 0 Å². The van der Waals surface area contributed by atoms with Gasteiger partial charge in [-0.2, -0.15) is 5.26 Å². The molecule has 0 atom stereocenters. The molecule has 1 aromatic carbocycles. The summed E-state index contributed by atoms with van der Waals surface area (Å²) >= 11 is 0. The second kappa shape index (κ2) is 5.79. The van der Waals surface area contributed by atoms with Crippen LogP contribution in [0.25, 0.3) is 0 Å². The molecule has 2 rings (SSSR count). The molecule has 0 aliphatic heterocycles. The molecule has 7 heteroatoms. The third kappa shape index (κ3) is 2.94. The summed E-state index contributed by atoms with van der Waals surface area (Å²) in [5.41, 5.74) is -0.559. The third-order valence-electron chi connectivity index (χ3n) is 3.96. The molecular weight excluding hydrogens is 274 g/mol. The first kappa shape index (κ1) is 14.8. The fraction of sp³-hybridized carbons (Fsp3) is 0.429. The highest BCUT2D eigenvalue weighted by Crippen LogP contribution is 2.38. The van der Waals surface area contributed by atoms with Crippen molar-refractivity contribution in [1.82, 2.24) is 0 Å². The van der Waals surface area contributed by atoms with Crippen LogP contribution in [0.1, 0.15) is 31.2 Å². The molecule has 2 N–H and O–H groups in total. The number of hydrogen-bond donors (Lipinski definition) is 2. The molecule has 21 heavy (non-hydrogen) atoms. The average Bonchev–Trinajstić information content (AvgIpc) is 2.94. The first-order valence-corrected chi connectivity index (χ1v) is 6.64. The van der Waals surface area contributed by atoms with Crippen molar-refractivity contribution in [3.05, 3.63) is 33.9 Å². The number of carboxylic acids is 1. The van der Waals surface area contributed by atoms with Crippen molar-refractivity contribution in [1.29, 1.82) is 5.26 Å². The van der Waals surface area contributed by atoms with E-state index in [1.807, 2.05) is 0 Å². The van der Waals surface area contributed by atoms with Crippen LogP contribution in [0, 0.1) is 26.9 Å². The smallest absolute Gasteiger partial charge is 0.311 e. The number of benzene rings is 1. The van der Waals surface area contributed by atoms with Gasteiger partial charge in [0.2, 0.25) is 0 Å². The summed E-state index contributed by atoms with van der Waals surface area (Å²) in [6.45, 7) is 0.255. The maximum absolute atomic E-state index is 11.4. The number of nitro groups is 1. The van der Waals surface area contributed by atoms with Crippen molar-refractivity contribution in [3.8, 4) is 6.07 Å². The van der Waals surface area contributed by atoms with Crippen molar-refractivity contribution >= 4 is 17.3 Å². The second-order valence-corrected chi connectivity index (χ2v) is 5.25. The van der Waals surface area contributed by atoms with Gasteiger partial charge in [-0.05, 0) is 25.0 Å². The number of hydrogen-bond acceptors (Lipinski definition) is 5. The highest BCUT2D eigenvalue weighted by atomic mass is 16.6. The Balaban J connectivity index is 2.15. The summed E-state index contributed by atoms with van der Waals surface area (Å²) in [5, 5.41) is 32.1. The summed E-state index contributed by atoms with van der Waals surface area (Å²) in [5.74, 6) is -0.824. The number of aliphatic carboxylic acids is 1. The lowest BCUT2D eigenvalue weighted by Crippen LogP contribution is -2.35. The van der Waals surface area contributed by atoms with Crippen molar-refractivity contribution in [2.24, 2.45) is 5.41 Å². The van der Waals surface area contributed by atoms with Gasteiger partial charge < -0.3 is 10.4 Å². The van der Waals surface area contributed by atoms with Crippen LogP contribution in [0.4, 0.5) is 11.4 Å². The number of anilines is 1. The maximum atomic E-state index is 11.4. The number of rotatable bonds is 5. The van der Waals surface area contributed by atoms with Gasteiger partial charge in [0.15, 0.2) is 0 Å². The van der Waals surface area contributed by atoms with E-state index >= 15 is 0 Å². The van der Waals surface area contributed by atoms with Crippen molar-refractivity contribution in [2.45, 2.75) is 25.7 Å². The van der Waals surface area contributed by atoms with Crippen molar-refractivity contribution < 1.29 is 14.8 Å². The number of carbonyl (C=O) groups is 1. The van der Waals surface area contributed by atoms with E-state index in [-0.39, 0.29) is 17.8 Å². The van der Waals surface area contributed by atoms with E-state index in [1.165, 1.54) is 18.2 Å². The van der Waals surface area contributed by atoms with E-state index in [0.29, 0.717) is 18.5 Å². The van der Waals surface area contributed by atoms with E-state index in [2.05, 4.69) is 5.32 Å². The molecule has 1 aliphatic rings. The zero-order chi connectivity index (χ0) is 15.5. The van der Waals surface area contributed by atoms with Gasteiger partial charge in [0, 0.05) is 18.3 Å². The minimum atomic E-state index is -0.824. The Morgan fingerprint density at radius 2 is 2.14 bits per heavy atom. The lowest BCUT2D eigenvalue weighted by molar-refractivity contribution is -0.385. The van der Waals surface area contributed by atoms with Crippen LogP contribution in [-0.2, 0) is 4.79 Å². The van der Waals surface area contributed by atoms with E-state index < -0.39 is 16.3 Å². The van der Waals surface area contributed by atoms with Crippen LogP contribution in [0.15, 0.2) is 18.2 Å². The Labute approximate surface area is 121 Å². The summed E-state index contributed by atoms with van der Waals surface area (Å²) in [4.78, 5) is 21.6. The third-order valence-corrected chi connectivity index (χ3v) is 3.96. The highest BCUT2D eigenvalue weighted by molar-refractivity contribution is 5.76. The van der Waals surface area contributed by atoms with Gasteiger partial charge >= 0.3 is 5.97 Å². The predicted molar refractivity (Wildman–Crippen MR) is 74.8 cm³/mol. The number of nitrogens with one attached hydrogen (secondary N) is 1. The van der Waals surface area contributed by atoms with E-state index in [9.17, 15) is 20.0 Å². The van der Waals surface area contributed by atoms with Gasteiger partial charge in [-0.15, -0.1) is 0 Å². The Hall–Kier alpha value is -2.62. The van der Waals surface area contributed by atoms with E-state index in [0.717, 1.165) is 12.8 Å². The molecule has 110 valence electrons. The minimum Gasteiger partial charge on any atom is -0.481 e. The molecule has 0 amide bonds. The summed E-state index contributed by atoms with van der Waals surface area (Å²) in [6, 6.07) is 5.90. The van der Waals surface area contributed by atoms with Gasteiger partial charge in [-0.1, -0.05) is 12.8 Å². The largest absolute Gasteiger partial charge is 0.481 e. The zero-order valence-electron chi connectivity index (χ0n) is 11.3. The maximum Gasteiger partial charge on any atom is 0.311 e. The van der Waals surface area contributed by atoms with Crippen molar-refractivity contribution in [3.63, 3.8) is 0 Å². The van der Waals surface area contributed by atoms with Gasteiger partial charge in [0.25, 0.3) is 5.69 Å². The van der Waals surface area contributed by atoms with Crippen LogP contribution < -0.4 is 5.32 Å². The molecule has 0 heterocycles. The van der Waals surface area contributed by atoms with Crippen LogP contribution in [0.5, 0.6) is 0 Å². The lowest BCUT2D eigenvalue weighted by atomic mass is 9.86. The van der Waals surface area contributed by atoms with Crippen LogP contribution in [0.3, 0.4) is 0 Å². The molecule has 0 spiro atoms. The highest BCUT2D eigenvalue weighted by Gasteiger charge is 2.41. The molecule has 1 aliphatic carbocycles. The number of carboxylic acid groups (broad SMARTS) is 1. The first-order valence-electron chi connectivity index (χ1n) is 6.64. The van der Waals surface area contributed by atoms with Gasteiger partial charge in [-0.25, -0.2) is 0 Å². The molecule has 0 saturated heterocycles. The lowest BCUT2D eigenvalue weighted by Gasteiger charge is -2.24. The van der Waals surface area contributed by atoms with E-state index in [4.69, 9.17) is 5.26 Å². The fourth-order valence-electron chi connectivity index (χ4n) is 2.68. The van der Waals surface area contributed by atoms with Crippen LogP contribution >= 0.6 is 0 Å². The molecule has 0 radical (unpaired) electrons. The molecule has 0 bridgehead atoms. The molecule has 1 fully saturated rings. The predicted octanol–water partition coefficient (Wildman–Crippen LogP) is 2.52. The first-order chi connectivity index (χ1) is 9.98. The summed E-state index contributed by atoms with van der Waals surface area (Å²) in [6.07, 6.45) is 3.01. The zero-order valence-corrected chi connectivity index (χ0v) is 11.3. The fourth-order valence-corrected chi connectivity index (χ4v) is 2.68. The molecular formula is C14H15N3O4. The Morgan fingerprint density at radius 1 is 1.48 bits per heavy atom.